The number of hydrogen-bond acceptors (Lipinski definition) is 2. The van der Waals surface area contributed by atoms with Crippen molar-refractivity contribution >= 4 is 0 Å². The fraction of sp³-hybridized carbons (Fsp3) is 0.733. The van der Waals surface area contributed by atoms with Gasteiger partial charge in [-0.05, 0) is 49.4 Å². The summed E-state index contributed by atoms with van der Waals surface area (Å²) in [7, 11) is 0. The van der Waals surface area contributed by atoms with E-state index in [0.717, 1.165) is 24.2 Å². The monoisotopic (exact) mass is 234 g/mol. The molecule has 4 aliphatic carbocycles. The van der Waals surface area contributed by atoms with Crippen molar-refractivity contribution < 1.29 is 10.2 Å². The van der Waals surface area contributed by atoms with Gasteiger partial charge in [0, 0.05) is 12.5 Å². The van der Waals surface area contributed by atoms with Crippen molar-refractivity contribution in [2.24, 2.45) is 29.6 Å². The average molecular weight is 234 g/mol. The minimum absolute atomic E-state index is 0.00926. The quantitative estimate of drug-likeness (QED) is 0.682. The van der Waals surface area contributed by atoms with Crippen molar-refractivity contribution in [1.82, 2.24) is 0 Å². The van der Waals surface area contributed by atoms with Crippen molar-refractivity contribution in [1.29, 1.82) is 0 Å². The molecular weight excluding hydrogens is 212 g/mol. The van der Waals surface area contributed by atoms with Crippen molar-refractivity contribution in [3.05, 3.63) is 24.3 Å². The van der Waals surface area contributed by atoms with Gasteiger partial charge in [0.25, 0.3) is 0 Å². The maximum absolute atomic E-state index is 9.17. The van der Waals surface area contributed by atoms with E-state index in [0.29, 0.717) is 18.4 Å². The number of allylic oxidation sites excluding steroid dienone is 3. The summed E-state index contributed by atoms with van der Waals surface area (Å²) in [6.07, 6.45) is 13.7. The number of fused-ring (bicyclic) bond motifs is 4. The molecule has 0 aromatic rings. The summed E-state index contributed by atoms with van der Waals surface area (Å²) in [5, 5.41) is 18.0. The molecule has 2 N–H and O–H groups in total. The van der Waals surface area contributed by atoms with E-state index in [1.165, 1.54) is 19.3 Å². The van der Waals surface area contributed by atoms with Crippen LogP contribution in [0, 0.1) is 29.6 Å². The first-order valence-corrected chi connectivity index (χ1v) is 6.92. The summed E-state index contributed by atoms with van der Waals surface area (Å²) < 4.78 is 0. The van der Waals surface area contributed by atoms with Crippen molar-refractivity contribution in [2.75, 3.05) is 6.61 Å². The predicted molar refractivity (Wildman–Crippen MR) is 67.3 cm³/mol. The third-order valence-electron chi connectivity index (χ3n) is 4.89. The highest BCUT2D eigenvalue weighted by Gasteiger charge is 2.35. The van der Waals surface area contributed by atoms with Crippen LogP contribution in [0.3, 0.4) is 0 Å². The molecule has 17 heavy (non-hydrogen) atoms. The molecule has 2 heteroatoms. The number of aliphatic hydroxyl groups is 2. The molecule has 4 aliphatic rings. The molecule has 0 aromatic heterocycles. The molecule has 4 rings (SSSR count). The molecule has 2 saturated carbocycles. The second-order valence-corrected chi connectivity index (χ2v) is 6.07. The Balaban J connectivity index is 0.000000107. The van der Waals surface area contributed by atoms with Gasteiger partial charge in [0.2, 0.25) is 0 Å². The Morgan fingerprint density at radius 1 is 0.824 bits per heavy atom. The third kappa shape index (κ3) is 2.21. The van der Waals surface area contributed by atoms with Crippen LogP contribution >= 0.6 is 0 Å². The van der Waals surface area contributed by atoms with Crippen LogP contribution in [-0.4, -0.2) is 22.9 Å². The van der Waals surface area contributed by atoms with Crippen molar-refractivity contribution in [2.45, 2.75) is 31.8 Å². The predicted octanol–water partition coefficient (Wildman–Crippen LogP) is 2.13. The van der Waals surface area contributed by atoms with E-state index in [9.17, 15) is 0 Å². The van der Waals surface area contributed by atoms with Gasteiger partial charge in [0.15, 0.2) is 0 Å². The van der Waals surface area contributed by atoms with Crippen molar-refractivity contribution in [3.8, 4) is 0 Å². The molecule has 2 fully saturated rings. The Morgan fingerprint density at radius 3 is 1.71 bits per heavy atom. The van der Waals surface area contributed by atoms with E-state index in [4.69, 9.17) is 10.2 Å². The van der Waals surface area contributed by atoms with Crippen LogP contribution < -0.4 is 0 Å². The molecule has 0 spiro atoms. The molecule has 0 aliphatic heterocycles. The highest BCUT2D eigenvalue weighted by Crippen LogP contribution is 2.42. The average Bonchev–Trinajstić information content (AvgIpc) is 3.09. The van der Waals surface area contributed by atoms with Crippen LogP contribution in [0.5, 0.6) is 0 Å². The minimum atomic E-state index is -0.00926. The SMILES string of the molecule is OC1CC2C=CC1C2.OCC1CC2C=CC1C2. The van der Waals surface area contributed by atoms with Gasteiger partial charge >= 0.3 is 0 Å². The Kier molecular flexibility index (Phi) is 3.10. The second kappa shape index (κ2) is 4.58. The Morgan fingerprint density at radius 2 is 1.47 bits per heavy atom. The Labute approximate surface area is 103 Å². The van der Waals surface area contributed by atoms with E-state index >= 15 is 0 Å². The molecule has 0 radical (unpaired) electrons. The first-order chi connectivity index (χ1) is 8.26. The summed E-state index contributed by atoms with van der Waals surface area (Å²) >= 11 is 0. The molecule has 94 valence electrons. The van der Waals surface area contributed by atoms with Gasteiger partial charge in [0.1, 0.15) is 0 Å². The number of hydrogen-bond donors (Lipinski definition) is 2. The molecule has 2 nitrogen and oxygen atoms in total. The van der Waals surface area contributed by atoms with Crippen LogP contribution in [0.15, 0.2) is 24.3 Å². The van der Waals surface area contributed by atoms with Gasteiger partial charge in [0.05, 0.1) is 6.10 Å². The second-order valence-electron chi connectivity index (χ2n) is 6.07. The molecule has 6 unspecified atom stereocenters. The summed E-state index contributed by atoms with van der Waals surface area (Å²) in [6, 6.07) is 0. The zero-order valence-corrected chi connectivity index (χ0v) is 10.2. The summed E-state index contributed by atoms with van der Waals surface area (Å²) in [5.41, 5.74) is 0. The van der Waals surface area contributed by atoms with Crippen LogP contribution in [0.25, 0.3) is 0 Å². The summed E-state index contributed by atoms with van der Waals surface area (Å²) in [5.74, 6) is 3.36. The van der Waals surface area contributed by atoms with Crippen LogP contribution in [-0.2, 0) is 0 Å². The number of aliphatic hydroxyl groups excluding tert-OH is 2. The fourth-order valence-corrected chi connectivity index (χ4v) is 3.86. The van der Waals surface area contributed by atoms with E-state index in [-0.39, 0.29) is 6.10 Å². The lowest BCUT2D eigenvalue weighted by molar-refractivity contribution is 0.148. The van der Waals surface area contributed by atoms with Gasteiger partial charge < -0.3 is 10.2 Å². The van der Waals surface area contributed by atoms with Crippen LogP contribution in [0.4, 0.5) is 0 Å². The van der Waals surface area contributed by atoms with Gasteiger partial charge in [-0.3, -0.25) is 0 Å². The lowest BCUT2D eigenvalue weighted by Gasteiger charge is -2.13. The summed E-state index contributed by atoms with van der Waals surface area (Å²) in [6.45, 7) is 0.394. The molecule has 6 atom stereocenters. The Bertz CT molecular complexity index is 334. The molecule has 0 amide bonds. The van der Waals surface area contributed by atoms with E-state index in [1.807, 2.05) is 0 Å². The van der Waals surface area contributed by atoms with Crippen molar-refractivity contribution in [3.63, 3.8) is 0 Å². The van der Waals surface area contributed by atoms with Gasteiger partial charge in [-0.15, -0.1) is 0 Å². The Hall–Kier alpha value is -0.600. The fourth-order valence-electron chi connectivity index (χ4n) is 3.86. The van der Waals surface area contributed by atoms with Crippen LogP contribution in [0.2, 0.25) is 0 Å². The first kappa shape index (κ1) is 11.5. The third-order valence-corrected chi connectivity index (χ3v) is 4.89. The topological polar surface area (TPSA) is 40.5 Å². The maximum Gasteiger partial charge on any atom is 0.0608 e. The molecule has 4 bridgehead atoms. The van der Waals surface area contributed by atoms with E-state index < -0.39 is 0 Å². The van der Waals surface area contributed by atoms with E-state index in [1.54, 1.807) is 0 Å². The normalized spacial score (nSPS) is 48.6. The van der Waals surface area contributed by atoms with Crippen LogP contribution in [0.1, 0.15) is 25.7 Å². The maximum atomic E-state index is 9.17. The zero-order chi connectivity index (χ0) is 11.8. The van der Waals surface area contributed by atoms with Gasteiger partial charge in [-0.2, -0.15) is 0 Å². The molecule has 0 heterocycles. The minimum Gasteiger partial charge on any atom is -0.396 e. The smallest absolute Gasteiger partial charge is 0.0608 e. The standard InChI is InChI=1S/C8H12O.C7H10O/c9-5-8-4-6-1-2-7(8)3-6;8-7-4-5-1-2-6(7)3-5/h1-2,6-9H,3-5H2;1-2,5-8H,3-4H2. The first-order valence-electron chi connectivity index (χ1n) is 6.92. The zero-order valence-electron chi connectivity index (χ0n) is 10.2. The van der Waals surface area contributed by atoms with Gasteiger partial charge in [-0.1, -0.05) is 24.3 Å². The summed E-state index contributed by atoms with van der Waals surface area (Å²) in [4.78, 5) is 0. The van der Waals surface area contributed by atoms with Gasteiger partial charge in [-0.25, -0.2) is 0 Å². The largest absolute Gasteiger partial charge is 0.396 e. The molecule has 0 aromatic carbocycles. The lowest BCUT2D eigenvalue weighted by atomic mass is 9.95. The lowest BCUT2D eigenvalue weighted by Crippen LogP contribution is -2.11. The highest BCUT2D eigenvalue weighted by atomic mass is 16.3. The molecular formula is C15H22O2. The van der Waals surface area contributed by atoms with E-state index in [2.05, 4.69) is 24.3 Å². The highest BCUT2D eigenvalue weighted by molar-refractivity contribution is 5.10. The number of rotatable bonds is 1. The molecule has 0 saturated heterocycles.